The van der Waals surface area contributed by atoms with E-state index in [9.17, 15) is 4.79 Å². The Morgan fingerprint density at radius 2 is 2.40 bits per heavy atom. The van der Waals surface area contributed by atoms with Crippen LogP contribution in [0.25, 0.3) is 0 Å². The van der Waals surface area contributed by atoms with Crippen LogP contribution in [0.3, 0.4) is 0 Å². The average molecular weight is 234 g/mol. The van der Waals surface area contributed by atoms with E-state index < -0.39 is 0 Å². The topological polar surface area (TPSA) is 29.5 Å². The van der Waals surface area contributed by atoms with Crippen LogP contribution in [0.5, 0.6) is 0 Å². The van der Waals surface area contributed by atoms with Crippen molar-refractivity contribution in [1.82, 2.24) is 4.90 Å². The fourth-order valence-electron chi connectivity index (χ4n) is 1.91. The minimum Gasteiger partial charge on any atom is -0.377 e. The minimum absolute atomic E-state index is 0.0622. The average Bonchev–Trinajstić information content (AvgIpc) is 2.28. The lowest BCUT2D eigenvalue weighted by molar-refractivity contribution is -0.143. The number of ether oxygens (including phenoxy) is 1. The summed E-state index contributed by atoms with van der Waals surface area (Å²) >= 11 is 5.83. The lowest BCUT2D eigenvalue weighted by atomic mass is 10.0. The summed E-state index contributed by atoms with van der Waals surface area (Å²) in [6, 6.07) is 0.0622. The molecule has 2 atom stereocenters. The van der Waals surface area contributed by atoms with Crippen molar-refractivity contribution < 1.29 is 9.53 Å². The number of carbonyl (C=O) groups is 1. The van der Waals surface area contributed by atoms with Gasteiger partial charge in [-0.25, -0.2) is 0 Å². The van der Waals surface area contributed by atoms with E-state index in [1.54, 1.807) is 0 Å². The number of rotatable bonds is 4. The third-order valence-electron chi connectivity index (χ3n) is 2.83. The van der Waals surface area contributed by atoms with Crippen molar-refractivity contribution in [1.29, 1.82) is 0 Å². The molecule has 0 bridgehead atoms. The van der Waals surface area contributed by atoms with Crippen LogP contribution >= 0.6 is 11.6 Å². The van der Waals surface area contributed by atoms with E-state index in [0.717, 1.165) is 12.8 Å². The highest BCUT2D eigenvalue weighted by Gasteiger charge is 2.28. The molecule has 0 saturated carbocycles. The first-order chi connectivity index (χ1) is 7.20. The van der Waals surface area contributed by atoms with E-state index in [0.29, 0.717) is 25.6 Å². The molecule has 1 amide bonds. The van der Waals surface area contributed by atoms with E-state index in [1.807, 2.05) is 11.8 Å². The van der Waals surface area contributed by atoms with Crippen LogP contribution in [-0.2, 0) is 9.53 Å². The first-order valence-corrected chi connectivity index (χ1v) is 6.18. The van der Waals surface area contributed by atoms with Gasteiger partial charge in [-0.3, -0.25) is 4.79 Å². The van der Waals surface area contributed by atoms with E-state index in [1.165, 1.54) is 0 Å². The zero-order chi connectivity index (χ0) is 11.3. The maximum atomic E-state index is 12.1. The molecule has 1 aliphatic rings. The lowest BCUT2D eigenvalue weighted by Gasteiger charge is -2.36. The normalized spacial score (nSPS) is 23.9. The van der Waals surface area contributed by atoms with Gasteiger partial charge in [0.05, 0.1) is 19.3 Å². The van der Waals surface area contributed by atoms with Crippen LogP contribution in [0, 0.1) is 5.92 Å². The van der Waals surface area contributed by atoms with Crippen LogP contribution in [0.2, 0.25) is 0 Å². The summed E-state index contributed by atoms with van der Waals surface area (Å²) in [7, 11) is 0. The molecule has 0 aromatic rings. The molecule has 1 rings (SSSR count). The van der Waals surface area contributed by atoms with Gasteiger partial charge in [0.25, 0.3) is 0 Å². The third kappa shape index (κ3) is 3.35. The molecule has 0 aromatic heterocycles. The number of hydrogen-bond donors (Lipinski definition) is 0. The molecule has 1 aliphatic heterocycles. The van der Waals surface area contributed by atoms with Crippen molar-refractivity contribution in [3.05, 3.63) is 0 Å². The van der Waals surface area contributed by atoms with Crippen molar-refractivity contribution >= 4 is 17.5 Å². The summed E-state index contributed by atoms with van der Waals surface area (Å²) < 4.78 is 5.31. The lowest BCUT2D eigenvalue weighted by Crippen LogP contribution is -2.51. The van der Waals surface area contributed by atoms with Gasteiger partial charge in [0.15, 0.2) is 0 Å². The molecule has 0 aliphatic carbocycles. The highest BCUT2D eigenvalue weighted by atomic mass is 35.5. The monoisotopic (exact) mass is 233 g/mol. The van der Waals surface area contributed by atoms with E-state index >= 15 is 0 Å². The molecule has 15 heavy (non-hydrogen) atoms. The van der Waals surface area contributed by atoms with Gasteiger partial charge < -0.3 is 9.64 Å². The third-order valence-corrected chi connectivity index (χ3v) is 3.19. The van der Waals surface area contributed by atoms with Gasteiger partial charge in [-0.1, -0.05) is 20.3 Å². The first kappa shape index (κ1) is 12.8. The Morgan fingerprint density at radius 1 is 1.67 bits per heavy atom. The van der Waals surface area contributed by atoms with E-state index in [4.69, 9.17) is 16.3 Å². The standard InChI is InChI=1S/C11H20ClNO2/c1-3-4-9(2)11(14)13-5-6-15-8-10(13)7-12/h9-10H,3-8H2,1-2H3. The molecule has 4 heteroatoms. The largest absolute Gasteiger partial charge is 0.377 e. The summed E-state index contributed by atoms with van der Waals surface area (Å²) in [6.07, 6.45) is 1.99. The smallest absolute Gasteiger partial charge is 0.225 e. The van der Waals surface area contributed by atoms with Crippen LogP contribution in [-0.4, -0.2) is 42.5 Å². The number of morpholine rings is 1. The second kappa shape index (κ2) is 6.33. The van der Waals surface area contributed by atoms with E-state index in [2.05, 4.69) is 6.92 Å². The van der Waals surface area contributed by atoms with Crippen molar-refractivity contribution in [2.75, 3.05) is 25.6 Å². The molecule has 1 fully saturated rings. The maximum absolute atomic E-state index is 12.1. The Kier molecular flexibility index (Phi) is 5.40. The minimum atomic E-state index is 0.0622. The highest BCUT2D eigenvalue weighted by molar-refractivity contribution is 6.18. The molecule has 88 valence electrons. The molecular weight excluding hydrogens is 214 g/mol. The van der Waals surface area contributed by atoms with Crippen molar-refractivity contribution in [3.63, 3.8) is 0 Å². The van der Waals surface area contributed by atoms with Crippen molar-refractivity contribution in [3.8, 4) is 0 Å². The van der Waals surface area contributed by atoms with Gasteiger partial charge in [0.2, 0.25) is 5.91 Å². The Hall–Kier alpha value is -0.280. The summed E-state index contributed by atoms with van der Waals surface area (Å²) in [6.45, 7) is 5.99. The van der Waals surface area contributed by atoms with Gasteiger partial charge in [-0.15, -0.1) is 11.6 Å². The fourth-order valence-corrected chi connectivity index (χ4v) is 2.17. The molecule has 3 nitrogen and oxygen atoms in total. The Morgan fingerprint density at radius 3 is 3.00 bits per heavy atom. The zero-order valence-electron chi connectivity index (χ0n) is 9.54. The van der Waals surface area contributed by atoms with Crippen molar-refractivity contribution in [2.45, 2.75) is 32.7 Å². The number of halogens is 1. The number of amides is 1. The fraction of sp³-hybridized carbons (Fsp3) is 0.909. The summed E-state index contributed by atoms with van der Waals surface area (Å²) in [5.74, 6) is 0.800. The van der Waals surface area contributed by atoms with Gasteiger partial charge in [-0.2, -0.15) is 0 Å². The molecule has 1 heterocycles. The Balaban J connectivity index is 2.55. The Bertz CT molecular complexity index is 211. The molecule has 2 unspecified atom stereocenters. The van der Waals surface area contributed by atoms with Crippen molar-refractivity contribution in [2.24, 2.45) is 5.92 Å². The molecule has 1 saturated heterocycles. The first-order valence-electron chi connectivity index (χ1n) is 5.64. The molecule has 0 radical (unpaired) electrons. The molecule has 0 aromatic carbocycles. The number of carbonyl (C=O) groups excluding carboxylic acids is 1. The second-order valence-electron chi connectivity index (χ2n) is 4.10. The maximum Gasteiger partial charge on any atom is 0.225 e. The zero-order valence-corrected chi connectivity index (χ0v) is 10.3. The highest BCUT2D eigenvalue weighted by Crippen LogP contribution is 2.15. The molecule has 0 spiro atoms. The number of nitrogens with zero attached hydrogens (tertiary/aromatic N) is 1. The van der Waals surface area contributed by atoms with Gasteiger partial charge in [0, 0.05) is 18.3 Å². The summed E-state index contributed by atoms with van der Waals surface area (Å²) in [4.78, 5) is 14.0. The van der Waals surface area contributed by atoms with Crippen LogP contribution in [0.4, 0.5) is 0 Å². The van der Waals surface area contributed by atoms with Gasteiger partial charge >= 0.3 is 0 Å². The van der Waals surface area contributed by atoms with Gasteiger partial charge in [0.1, 0.15) is 0 Å². The second-order valence-corrected chi connectivity index (χ2v) is 4.41. The van der Waals surface area contributed by atoms with Gasteiger partial charge in [-0.05, 0) is 6.42 Å². The summed E-state index contributed by atoms with van der Waals surface area (Å²) in [5, 5.41) is 0. The summed E-state index contributed by atoms with van der Waals surface area (Å²) in [5.41, 5.74) is 0. The van der Waals surface area contributed by atoms with Crippen LogP contribution in [0.15, 0.2) is 0 Å². The number of hydrogen-bond acceptors (Lipinski definition) is 2. The number of alkyl halides is 1. The van der Waals surface area contributed by atoms with Crippen LogP contribution in [0.1, 0.15) is 26.7 Å². The van der Waals surface area contributed by atoms with E-state index in [-0.39, 0.29) is 17.9 Å². The van der Waals surface area contributed by atoms with Crippen LogP contribution < -0.4 is 0 Å². The quantitative estimate of drug-likeness (QED) is 0.694. The predicted molar refractivity (Wildman–Crippen MR) is 61.1 cm³/mol. The SMILES string of the molecule is CCCC(C)C(=O)N1CCOCC1CCl. The Labute approximate surface area is 96.7 Å². The molecule has 0 N–H and O–H groups in total. The predicted octanol–water partition coefficient (Wildman–Crippen LogP) is 1.89. The molecular formula is C11H20ClNO2.